The predicted octanol–water partition coefficient (Wildman–Crippen LogP) is 3.70. The molecule has 2 aromatic rings. The molecule has 0 unspecified atom stereocenters. The Labute approximate surface area is 135 Å². The number of aryl methyl sites for hydroxylation is 1. The summed E-state index contributed by atoms with van der Waals surface area (Å²) in [5, 5.41) is 5.10. The first-order valence-electron chi connectivity index (χ1n) is 7.85. The molecular weight excluding hydrogens is 294 g/mol. The average molecular weight is 315 g/mol. The van der Waals surface area contributed by atoms with E-state index in [1.807, 2.05) is 12.1 Å². The minimum absolute atomic E-state index is 0.0741. The number of rotatable bonds is 6. The molecule has 0 saturated carbocycles. The first-order chi connectivity index (χ1) is 10.8. The highest BCUT2D eigenvalue weighted by molar-refractivity contribution is 7.09. The standard InChI is InChI=1S/C17H21N3OS/c21-16(9-3-6-14-7-5-13-22-14)19-15-8-4-10-18-17(15)20-11-1-2-12-20/h4-5,7-8,10,13H,1-3,6,9,11-12H2,(H,19,21). The van der Waals surface area contributed by atoms with Crippen molar-refractivity contribution in [3.05, 3.63) is 40.7 Å². The van der Waals surface area contributed by atoms with Gasteiger partial charge in [-0.25, -0.2) is 4.98 Å². The number of carbonyl (C=O) groups excluding carboxylic acids is 1. The van der Waals surface area contributed by atoms with Gasteiger partial charge in [0.15, 0.2) is 5.82 Å². The van der Waals surface area contributed by atoms with E-state index in [4.69, 9.17) is 0 Å². The number of pyridine rings is 1. The van der Waals surface area contributed by atoms with Crippen molar-refractivity contribution in [2.24, 2.45) is 0 Å². The Bertz CT molecular complexity index is 606. The zero-order valence-electron chi connectivity index (χ0n) is 12.6. The summed E-state index contributed by atoms with van der Waals surface area (Å²) in [5.41, 5.74) is 0.838. The van der Waals surface area contributed by atoms with E-state index in [2.05, 4.69) is 32.7 Å². The molecule has 1 aliphatic rings. The Hall–Kier alpha value is -1.88. The van der Waals surface area contributed by atoms with Crippen molar-refractivity contribution < 1.29 is 4.79 Å². The lowest BCUT2D eigenvalue weighted by atomic mass is 10.2. The Morgan fingerprint density at radius 2 is 2.14 bits per heavy atom. The molecule has 0 aliphatic carbocycles. The summed E-state index contributed by atoms with van der Waals surface area (Å²) >= 11 is 1.75. The summed E-state index contributed by atoms with van der Waals surface area (Å²) in [7, 11) is 0. The second-order valence-corrected chi connectivity index (χ2v) is 6.58. The third kappa shape index (κ3) is 3.85. The number of anilines is 2. The highest BCUT2D eigenvalue weighted by Gasteiger charge is 2.17. The van der Waals surface area contributed by atoms with Crippen LogP contribution in [0.3, 0.4) is 0 Å². The summed E-state index contributed by atoms with van der Waals surface area (Å²) in [6, 6.07) is 7.99. The third-order valence-electron chi connectivity index (χ3n) is 3.87. The molecule has 0 bridgehead atoms. The topological polar surface area (TPSA) is 45.2 Å². The Balaban J connectivity index is 1.54. The van der Waals surface area contributed by atoms with Crippen molar-refractivity contribution in [2.45, 2.75) is 32.1 Å². The van der Waals surface area contributed by atoms with Crippen molar-refractivity contribution in [1.29, 1.82) is 0 Å². The van der Waals surface area contributed by atoms with Crippen LogP contribution in [-0.4, -0.2) is 24.0 Å². The van der Waals surface area contributed by atoms with Gasteiger partial charge < -0.3 is 10.2 Å². The molecule has 1 N–H and O–H groups in total. The molecule has 3 heterocycles. The van der Waals surface area contributed by atoms with Crippen LogP contribution >= 0.6 is 11.3 Å². The summed E-state index contributed by atoms with van der Waals surface area (Å²) in [6.07, 6.45) is 6.59. The van der Waals surface area contributed by atoms with E-state index in [0.29, 0.717) is 6.42 Å². The zero-order chi connectivity index (χ0) is 15.2. The lowest BCUT2D eigenvalue weighted by Gasteiger charge is -2.19. The average Bonchev–Trinajstić information content (AvgIpc) is 3.21. The lowest BCUT2D eigenvalue weighted by molar-refractivity contribution is -0.116. The van der Waals surface area contributed by atoms with Crippen LogP contribution in [0.15, 0.2) is 35.8 Å². The van der Waals surface area contributed by atoms with Crippen LogP contribution in [0.4, 0.5) is 11.5 Å². The highest BCUT2D eigenvalue weighted by Crippen LogP contribution is 2.26. The van der Waals surface area contributed by atoms with Gasteiger partial charge in [-0.05, 0) is 49.3 Å². The summed E-state index contributed by atoms with van der Waals surface area (Å²) in [6.45, 7) is 2.05. The zero-order valence-corrected chi connectivity index (χ0v) is 13.4. The van der Waals surface area contributed by atoms with Crippen molar-refractivity contribution in [2.75, 3.05) is 23.3 Å². The molecule has 0 spiro atoms. The molecule has 22 heavy (non-hydrogen) atoms. The minimum Gasteiger partial charge on any atom is -0.355 e. The van der Waals surface area contributed by atoms with Gasteiger partial charge in [0.05, 0.1) is 5.69 Å². The van der Waals surface area contributed by atoms with Crippen LogP contribution in [-0.2, 0) is 11.2 Å². The van der Waals surface area contributed by atoms with E-state index in [1.54, 1.807) is 17.5 Å². The SMILES string of the molecule is O=C(CCCc1cccs1)Nc1cccnc1N1CCCC1. The summed E-state index contributed by atoms with van der Waals surface area (Å²) < 4.78 is 0. The van der Waals surface area contributed by atoms with Crippen LogP contribution in [0.1, 0.15) is 30.6 Å². The van der Waals surface area contributed by atoms with Crippen LogP contribution in [0.5, 0.6) is 0 Å². The molecule has 2 aromatic heterocycles. The number of carbonyl (C=O) groups is 1. The van der Waals surface area contributed by atoms with Gasteiger partial charge in [0.1, 0.15) is 0 Å². The number of hydrogen-bond donors (Lipinski definition) is 1. The fourth-order valence-electron chi connectivity index (χ4n) is 2.77. The van der Waals surface area contributed by atoms with Crippen LogP contribution in [0, 0.1) is 0 Å². The van der Waals surface area contributed by atoms with Gasteiger partial charge >= 0.3 is 0 Å². The van der Waals surface area contributed by atoms with Crippen molar-refractivity contribution in [3.8, 4) is 0 Å². The molecule has 5 heteroatoms. The quantitative estimate of drug-likeness (QED) is 0.884. The molecular formula is C17H21N3OS. The van der Waals surface area contributed by atoms with Crippen molar-refractivity contribution >= 4 is 28.7 Å². The van der Waals surface area contributed by atoms with E-state index in [-0.39, 0.29) is 5.91 Å². The largest absolute Gasteiger partial charge is 0.355 e. The molecule has 116 valence electrons. The van der Waals surface area contributed by atoms with E-state index in [1.165, 1.54) is 17.7 Å². The number of hydrogen-bond acceptors (Lipinski definition) is 4. The fraction of sp³-hybridized carbons (Fsp3) is 0.412. The monoisotopic (exact) mass is 315 g/mol. The number of nitrogens with zero attached hydrogens (tertiary/aromatic N) is 2. The van der Waals surface area contributed by atoms with E-state index in [9.17, 15) is 4.79 Å². The summed E-state index contributed by atoms with van der Waals surface area (Å²) in [5.74, 6) is 0.983. The number of aromatic nitrogens is 1. The van der Waals surface area contributed by atoms with Crippen LogP contribution in [0.25, 0.3) is 0 Å². The van der Waals surface area contributed by atoms with Gasteiger partial charge in [0.2, 0.25) is 5.91 Å². The molecule has 1 amide bonds. The highest BCUT2D eigenvalue weighted by atomic mass is 32.1. The van der Waals surface area contributed by atoms with Gasteiger partial charge in [0, 0.05) is 30.6 Å². The maximum atomic E-state index is 12.2. The number of thiophene rings is 1. The number of nitrogens with one attached hydrogen (secondary N) is 1. The summed E-state index contributed by atoms with van der Waals surface area (Å²) in [4.78, 5) is 20.2. The van der Waals surface area contributed by atoms with Gasteiger partial charge in [-0.15, -0.1) is 11.3 Å². The van der Waals surface area contributed by atoms with Crippen LogP contribution in [0.2, 0.25) is 0 Å². The van der Waals surface area contributed by atoms with Crippen molar-refractivity contribution in [1.82, 2.24) is 4.98 Å². The minimum atomic E-state index is 0.0741. The molecule has 0 atom stereocenters. The smallest absolute Gasteiger partial charge is 0.224 e. The van der Waals surface area contributed by atoms with Gasteiger partial charge in [0.25, 0.3) is 0 Å². The fourth-order valence-corrected chi connectivity index (χ4v) is 3.52. The van der Waals surface area contributed by atoms with E-state index >= 15 is 0 Å². The second-order valence-electron chi connectivity index (χ2n) is 5.55. The number of amides is 1. The molecule has 4 nitrogen and oxygen atoms in total. The first kappa shape index (κ1) is 15.0. The molecule has 3 rings (SSSR count). The molecule has 1 saturated heterocycles. The Morgan fingerprint density at radius 1 is 1.27 bits per heavy atom. The Morgan fingerprint density at radius 3 is 2.91 bits per heavy atom. The first-order valence-corrected chi connectivity index (χ1v) is 8.73. The predicted molar refractivity (Wildman–Crippen MR) is 91.6 cm³/mol. The van der Waals surface area contributed by atoms with Gasteiger partial charge in [-0.1, -0.05) is 6.07 Å². The Kier molecular flexibility index (Phi) is 5.06. The maximum Gasteiger partial charge on any atom is 0.224 e. The van der Waals surface area contributed by atoms with E-state index < -0.39 is 0 Å². The van der Waals surface area contributed by atoms with Crippen molar-refractivity contribution in [3.63, 3.8) is 0 Å². The molecule has 1 aliphatic heterocycles. The van der Waals surface area contributed by atoms with E-state index in [0.717, 1.165) is 37.4 Å². The molecule has 1 fully saturated rings. The van der Waals surface area contributed by atoms with Gasteiger partial charge in [-0.3, -0.25) is 4.79 Å². The normalized spacial score (nSPS) is 14.3. The van der Waals surface area contributed by atoms with Gasteiger partial charge in [-0.2, -0.15) is 0 Å². The van der Waals surface area contributed by atoms with Crippen LogP contribution < -0.4 is 10.2 Å². The maximum absolute atomic E-state index is 12.2. The second kappa shape index (κ2) is 7.40. The molecule has 0 aromatic carbocycles. The molecule has 0 radical (unpaired) electrons. The lowest BCUT2D eigenvalue weighted by Crippen LogP contribution is -2.22. The third-order valence-corrected chi connectivity index (χ3v) is 4.81.